The first-order chi connectivity index (χ1) is 8.47. The normalized spacial score (nSPS) is 24.9. The standard InChI is InChI=1S/C12H16F3N3/c1-8-9(4-3-7-16-8)17-11-6-2-5-10(18-11)12(13,14)15/h2,5-6,8-9,16H,3-4,7H2,1H3,(H,17,18). The van der Waals surface area contributed by atoms with E-state index in [4.69, 9.17) is 0 Å². The molecule has 1 aromatic heterocycles. The van der Waals surface area contributed by atoms with Crippen molar-refractivity contribution in [3.05, 3.63) is 23.9 Å². The van der Waals surface area contributed by atoms with Crippen molar-refractivity contribution >= 4 is 5.82 Å². The van der Waals surface area contributed by atoms with Gasteiger partial charge in [0.2, 0.25) is 0 Å². The number of piperidine rings is 1. The SMILES string of the molecule is CC1NCCCC1Nc1cccc(C(F)(F)F)n1. The summed E-state index contributed by atoms with van der Waals surface area (Å²) in [6, 6.07) is 4.27. The Balaban J connectivity index is 2.09. The Morgan fingerprint density at radius 2 is 2.17 bits per heavy atom. The molecule has 6 heteroatoms. The average Bonchev–Trinajstić information content (AvgIpc) is 2.31. The van der Waals surface area contributed by atoms with E-state index < -0.39 is 11.9 Å². The van der Waals surface area contributed by atoms with E-state index in [1.807, 2.05) is 6.92 Å². The van der Waals surface area contributed by atoms with Crippen LogP contribution in [-0.4, -0.2) is 23.6 Å². The van der Waals surface area contributed by atoms with E-state index in [0.717, 1.165) is 25.5 Å². The van der Waals surface area contributed by atoms with E-state index in [-0.39, 0.29) is 17.9 Å². The van der Waals surface area contributed by atoms with E-state index in [1.165, 1.54) is 6.07 Å². The van der Waals surface area contributed by atoms with Crippen molar-refractivity contribution < 1.29 is 13.2 Å². The molecule has 0 radical (unpaired) electrons. The van der Waals surface area contributed by atoms with Gasteiger partial charge in [0.25, 0.3) is 0 Å². The van der Waals surface area contributed by atoms with Crippen molar-refractivity contribution in [2.24, 2.45) is 0 Å². The van der Waals surface area contributed by atoms with Crippen LogP contribution in [-0.2, 0) is 6.18 Å². The number of nitrogens with zero attached hydrogens (tertiary/aromatic N) is 1. The van der Waals surface area contributed by atoms with Crippen LogP contribution in [0, 0.1) is 0 Å². The molecule has 0 aromatic carbocycles. The van der Waals surface area contributed by atoms with Crippen molar-refractivity contribution in [2.45, 2.75) is 38.0 Å². The van der Waals surface area contributed by atoms with E-state index in [1.54, 1.807) is 6.07 Å². The number of alkyl halides is 3. The first-order valence-electron chi connectivity index (χ1n) is 6.01. The molecule has 1 saturated heterocycles. The number of hydrogen-bond acceptors (Lipinski definition) is 3. The Bertz CT molecular complexity index is 406. The zero-order chi connectivity index (χ0) is 13.2. The van der Waals surface area contributed by atoms with Gasteiger partial charge < -0.3 is 10.6 Å². The van der Waals surface area contributed by atoms with E-state index >= 15 is 0 Å². The molecule has 2 unspecified atom stereocenters. The fraction of sp³-hybridized carbons (Fsp3) is 0.583. The van der Waals surface area contributed by atoms with Gasteiger partial charge in [0, 0.05) is 12.1 Å². The summed E-state index contributed by atoms with van der Waals surface area (Å²) < 4.78 is 37.6. The lowest BCUT2D eigenvalue weighted by Crippen LogP contribution is -2.46. The predicted octanol–water partition coefficient (Wildman–Crippen LogP) is 2.65. The summed E-state index contributed by atoms with van der Waals surface area (Å²) in [6.07, 6.45) is -2.44. The Morgan fingerprint density at radius 1 is 1.39 bits per heavy atom. The monoisotopic (exact) mass is 259 g/mol. The van der Waals surface area contributed by atoms with Gasteiger partial charge in [0.1, 0.15) is 11.5 Å². The quantitative estimate of drug-likeness (QED) is 0.857. The molecule has 18 heavy (non-hydrogen) atoms. The van der Waals surface area contributed by atoms with Gasteiger partial charge >= 0.3 is 6.18 Å². The summed E-state index contributed by atoms with van der Waals surface area (Å²) in [7, 11) is 0. The van der Waals surface area contributed by atoms with Gasteiger partial charge in [-0.3, -0.25) is 0 Å². The lowest BCUT2D eigenvalue weighted by molar-refractivity contribution is -0.141. The Labute approximate surface area is 104 Å². The molecule has 2 rings (SSSR count). The Hall–Kier alpha value is -1.30. The van der Waals surface area contributed by atoms with E-state index in [2.05, 4.69) is 15.6 Å². The molecule has 0 bridgehead atoms. The molecule has 1 fully saturated rings. The topological polar surface area (TPSA) is 37.0 Å². The lowest BCUT2D eigenvalue weighted by atomic mass is 10.00. The smallest absolute Gasteiger partial charge is 0.366 e. The van der Waals surface area contributed by atoms with Crippen molar-refractivity contribution in [2.75, 3.05) is 11.9 Å². The van der Waals surface area contributed by atoms with Crippen molar-refractivity contribution in [1.82, 2.24) is 10.3 Å². The molecule has 0 aliphatic carbocycles. The van der Waals surface area contributed by atoms with Crippen LogP contribution < -0.4 is 10.6 Å². The molecule has 3 nitrogen and oxygen atoms in total. The average molecular weight is 259 g/mol. The van der Waals surface area contributed by atoms with Crippen LogP contribution in [0.25, 0.3) is 0 Å². The number of anilines is 1. The summed E-state index contributed by atoms with van der Waals surface area (Å²) >= 11 is 0. The minimum atomic E-state index is -4.39. The second-order valence-corrected chi connectivity index (χ2v) is 4.54. The highest BCUT2D eigenvalue weighted by Crippen LogP contribution is 2.28. The maximum absolute atomic E-state index is 12.5. The van der Waals surface area contributed by atoms with Crippen LogP contribution >= 0.6 is 0 Å². The van der Waals surface area contributed by atoms with Crippen LogP contribution in [0.15, 0.2) is 18.2 Å². The zero-order valence-corrected chi connectivity index (χ0v) is 10.1. The van der Waals surface area contributed by atoms with Gasteiger partial charge in [-0.05, 0) is 38.4 Å². The summed E-state index contributed by atoms with van der Waals surface area (Å²) in [4.78, 5) is 3.61. The first-order valence-corrected chi connectivity index (χ1v) is 6.01. The number of rotatable bonds is 2. The van der Waals surface area contributed by atoms with Crippen LogP contribution in [0.3, 0.4) is 0 Å². The zero-order valence-electron chi connectivity index (χ0n) is 10.1. The van der Waals surface area contributed by atoms with Crippen molar-refractivity contribution in [3.8, 4) is 0 Å². The van der Waals surface area contributed by atoms with Gasteiger partial charge in [-0.15, -0.1) is 0 Å². The van der Waals surface area contributed by atoms with Gasteiger partial charge in [0.05, 0.1) is 0 Å². The minimum Gasteiger partial charge on any atom is -0.366 e. The second-order valence-electron chi connectivity index (χ2n) is 4.54. The summed E-state index contributed by atoms with van der Waals surface area (Å²) in [5.74, 6) is 0.283. The minimum absolute atomic E-state index is 0.120. The third-order valence-corrected chi connectivity index (χ3v) is 3.13. The van der Waals surface area contributed by atoms with Gasteiger partial charge in [-0.1, -0.05) is 6.07 Å². The first kappa shape index (κ1) is 13.1. The molecular formula is C12H16F3N3. The molecular weight excluding hydrogens is 243 g/mol. The van der Waals surface area contributed by atoms with Gasteiger partial charge in [0.15, 0.2) is 0 Å². The Morgan fingerprint density at radius 3 is 2.83 bits per heavy atom. The fourth-order valence-electron chi connectivity index (χ4n) is 2.10. The van der Waals surface area contributed by atoms with Crippen LogP contribution in [0.1, 0.15) is 25.5 Å². The number of aromatic nitrogens is 1. The highest BCUT2D eigenvalue weighted by Gasteiger charge is 2.32. The fourth-order valence-corrected chi connectivity index (χ4v) is 2.10. The summed E-state index contributed by atoms with van der Waals surface area (Å²) in [5, 5.41) is 6.35. The number of hydrogen-bond donors (Lipinski definition) is 2. The number of pyridine rings is 1. The molecule has 2 heterocycles. The third-order valence-electron chi connectivity index (χ3n) is 3.13. The van der Waals surface area contributed by atoms with Crippen LogP contribution in [0.5, 0.6) is 0 Å². The molecule has 1 aliphatic heterocycles. The molecule has 100 valence electrons. The highest BCUT2D eigenvalue weighted by atomic mass is 19.4. The summed E-state index contributed by atoms with van der Waals surface area (Å²) in [6.45, 7) is 2.97. The predicted molar refractivity (Wildman–Crippen MR) is 63.3 cm³/mol. The molecule has 1 aromatic rings. The molecule has 0 spiro atoms. The highest BCUT2D eigenvalue weighted by molar-refractivity contribution is 5.37. The molecule has 2 atom stereocenters. The lowest BCUT2D eigenvalue weighted by Gasteiger charge is -2.31. The number of nitrogens with one attached hydrogen (secondary N) is 2. The van der Waals surface area contributed by atoms with E-state index in [0.29, 0.717) is 0 Å². The third kappa shape index (κ3) is 3.13. The molecule has 1 aliphatic rings. The summed E-state index contributed by atoms with van der Waals surface area (Å²) in [5.41, 5.74) is -0.857. The largest absolute Gasteiger partial charge is 0.433 e. The van der Waals surface area contributed by atoms with Gasteiger partial charge in [-0.25, -0.2) is 4.98 Å². The molecule has 0 saturated carbocycles. The maximum atomic E-state index is 12.5. The number of halogens is 3. The maximum Gasteiger partial charge on any atom is 0.433 e. The van der Waals surface area contributed by atoms with Gasteiger partial charge in [-0.2, -0.15) is 13.2 Å². The molecule has 2 N–H and O–H groups in total. The van der Waals surface area contributed by atoms with Crippen molar-refractivity contribution in [1.29, 1.82) is 0 Å². The Kier molecular flexibility index (Phi) is 3.75. The van der Waals surface area contributed by atoms with Crippen LogP contribution in [0.2, 0.25) is 0 Å². The van der Waals surface area contributed by atoms with Crippen molar-refractivity contribution in [3.63, 3.8) is 0 Å². The van der Waals surface area contributed by atoms with E-state index in [9.17, 15) is 13.2 Å². The second kappa shape index (κ2) is 5.14. The molecule has 0 amide bonds. The van der Waals surface area contributed by atoms with Crippen LogP contribution in [0.4, 0.5) is 19.0 Å².